The highest BCUT2D eigenvalue weighted by Crippen LogP contribution is 2.27. The number of carbonyl (C=O) groups is 3. The molecule has 38 heavy (non-hydrogen) atoms. The van der Waals surface area contributed by atoms with Crippen molar-refractivity contribution in [2.75, 3.05) is 18.4 Å². The number of rotatable bonds is 11. The zero-order chi connectivity index (χ0) is 28.3. The molecule has 0 saturated carbocycles. The molecule has 2 aromatic carbocycles. The lowest BCUT2D eigenvalue weighted by Crippen LogP contribution is -2.47. The number of hydrogen-bond acceptors (Lipinski definition) is 4. The zero-order valence-corrected chi connectivity index (χ0v) is 23.5. The van der Waals surface area contributed by atoms with Gasteiger partial charge in [0.1, 0.15) is 18.2 Å². The Morgan fingerprint density at radius 2 is 1.63 bits per heavy atom. The first-order chi connectivity index (χ1) is 18.0. The Bertz CT molecular complexity index is 1120. The first kappa shape index (κ1) is 30.4. The van der Waals surface area contributed by atoms with Gasteiger partial charge in [-0.05, 0) is 69.9 Å². The fraction of sp³-hybridized carbons (Fsp3) is 0.452. The number of amides is 3. The van der Waals surface area contributed by atoms with Crippen LogP contribution in [0, 0.1) is 26.2 Å². The maximum absolute atomic E-state index is 13.9. The minimum absolute atomic E-state index is 0.293. The van der Waals surface area contributed by atoms with Gasteiger partial charge >= 0.3 is 6.09 Å². The highest BCUT2D eigenvalue weighted by molar-refractivity contribution is 5.99. The lowest BCUT2D eigenvalue weighted by Gasteiger charge is -2.32. The standard InChI is InChI=1S/C31H41N3O4/c1-8-10-11-12-20-34(26(35)21-32-30(37)38-31(5,6)7)28(25-18-16-24(9-2)17-19-25)29(36)33-27-22(3)14-13-15-23(27)4/h2,13-19,28H,8,10-12,20-21H2,1,3-7H3,(H,32,37)(H,33,36). The van der Waals surface area contributed by atoms with E-state index in [1.54, 1.807) is 49.9 Å². The maximum atomic E-state index is 13.9. The molecule has 0 spiro atoms. The third-order valence-electron chi connectivity index (χ3n) is 6.04. The molecule has 2 N–H and O–H groups in total. The molecule has 0 aliphatic heterocycles. The van der Waals surface area contributed by atoms with Crippen molar-refractivity contribution >= 4 is 23.6 Å². The number of hydrogen-bond donors (Lipinski definition) is 2. The van der Waals surface area contributed by atoms with Crippen LogP contribution in [0.15, 0.2) is 42.5 Å². The van der Waals surface area contributed by atoms with Crippen molar-refractivity contribution in [2.24, 2.45) is 0 Å². The number of ether oxygens (including phenoxy) is 1. The predicted molar refractivity (Wildman–Crippen MR) is 152 cm³/mol. The third kappa shape index (κ3) is 9.26. The van der Waals surface area contributed by atoms with Gasteiger partial charge in [0.15, 0.2) is 0 Å². The summed E-state index contributed by atoms with van der Waals surface area (Å²) < 4.78 is 5.29. The van der Waals surface area contributed by atoms with Crippen LogP contribution in [-0.2, 0) is 14.3 Å². The summed E-state index contributed by atoms with van der Waals surface area (Å²) in [5, 5.41) is 5.60. The number of benzene rings is 2. The van der Waals surface area contributed by atoms with Gasteiger partial charge < -0.3 is 20.3 Å². The van der Waals surface area contributed by atoms with Crippen LogP contribution >= 0.6 is 0 Å². The van der Waals surface area contributed by atoms with Crippen molar-refractivity contribution in [1.82, 2.24) is 10.2 Å². The van der Waals surface area contributed by atoms with E-state index in [9.17, 15) is 14.4 Å². The number of nitrogens with zero attached hydrogens (tertiary/aromatic N) is 1. The smallest absolute Gasteiger partial charge is 0.408 e. The average Bonchev–Trinajstić information content (AvgIpc) is 2.86. The van der Waals surface area contributed by atoms with Gasteiger partial charge in [-0.2, -0.15) is 0 Å². The number of terminal acetylenes is 1. The normalized spacial score (nSPS) is 11.7. The number of para-hydroxylation sites is 1. The SMILES string of the molecule is C#Cc1ccc(C(C(=O)Nc2c(C)cccc2C)N(CCCCCC)C(=O)CNC(=O)OC(C)(C)C)cc1. The number of anilines is 1. The Morgan fingerprint density at radius 3 is 2.18 bits per heavy atom. The highest BCUT2D eigenvalue weighted by atomic mass is 16.6. The quantitative estimate of drug-likeness (QED) is 0.286. The summed E-state index contributed by atoms with van der Waals surface area (Å²) in [6.07, 6.45) is 8.55. The molecule has 1 unspecified atom stereocenters. The Labute approximate surface area is 227 Å². The minimum atomic E-state index is -0.921. The van der Waals surface area contributed by atoms with Gasteiger partial charge in [0.25, 0.3) is 5.91 Å². The average molecular weight is 520 g/mol. The molecular weight excluding hydrogens is 478 g/mol. The summed E-state index contributed by atoms with van der Waals surface area (Å²) in [7, 11) is 0. The van der Waals surface area contributed by atoms with E-state index in [1.165, 1.54) is 0 Å². The van der Waals surface area contributed by atoms with Crippen LogP contribution in [0.1, 0.15) is 81.7 Å². The topological polar surface area (TPSA) is 87.7 Å². The van der Waals surface area contributed by atoms with E-state index in [2.05, 4.69) is 23.5 Å². The number of unbranched alkanes of at least 4 members (excludes halogenated alkanes) is 3. The molecule has 0 aromatic heterocycles. The molecule has 0 aliphatic rings. The summed E-state index contributed by atoms with van der Waals surface area (Å²) in [6.45, 7) is 11.3. The molecule has 0 saturated heterocycles. The molecule has 0 bridgehead atoms. The third-order valence-corrected chi connectivity index (χ3v) is 6.04. The predicted octanol–water partition coefficient (Wildman–Crippen LogP) is 5.90. The first-order valence-electron chi connectivity index (χ1n) is 13.2. The van der Waals surface area contributed by atoms with Crippen molar-refractivity contribution < 1.29 is 19.1 Å². The van der Waals surface area contributed by atoms with Crippen molar-refractivity contribution in [1.29, 1.82) is 0 Å². The van der Waals surface area contributed by atoms with Gasteiger partial charge in [-0.15, -0.1) is 6.42 Å². The Kier molecular flexibility index (Phi) is 11.4. The largest absolute Gasteiger partial charge is 0.444 e. The fourth-order valence-electron chi connectivity index (χ4n) is 4.11. The van der Waals surface area contributed by atoms with Crippen molar-refractivity contribution in [3.8, 4) is 12.3 Å². The summed E-state index contributed by atoms with van der Waals surface area (Å²) in [6, 6.07) is 11.9. The van der Waals surface area contributed by atoms with Crippen LogP contribution in [-0.4, -0.2) is 41.5 Å². The van der Waals surface area contributed by atoms with Crippen LogP contribution < -0.4 is 10.6 Å². The molecule has 1 atom stereocenters. The van der Waals surface area contributed by atoms with Crippen LogP contribution in [0.25, 0.3) is 0 Å². The van der Waals surface area contributed by atoms with Crippen molar-refractivity contribution in [3.63, 3.8) is 0 Å². The minimum Gasteiger partial charge on any atom is -0.444 e. The van der Waals surface area contributed by atoms with Crippen LogP contribution in [0.5, 0.6) is 0 Å². The summed E-state index contributed by atoms with van der Waals surface area (Å²) in [5.74, 6) is 1.87. The summed E-state index contributed by atoms with van der Waals surface area (Å²) in [4.78, 5) is 41.2. The summed E-state index contributed by atoms with van der Waals surface area (Å²) in [5.41, 5.74) is 3.18. The van der Waals surface area contributed by atoms with E-state index >= 15 is 0 Å². The van der Waals surface area contributed by atoms with Crippen molar-refractivity contribution in [2.45, 2.75) is 78.9 Å². The lowest BCUT2D eigenvalue weighted by atomic mass is 10.0. The van der Waals surface area contributed by atoms with E-state index in [0.29, 0.717) is 23.4 Å². The molecule has 2 rings (SSSR count). The van der Waals surface area contributed by atoms with Gasteiger partial charge in [-0.1, -0.05) is 62.4 Å². The maximum Gasteiger partial charge on any atom is 0.408 e. The Balaban J connectivity index is 2.43. The number of aryl methyl sites for hydroxylation is 2. The first-order valence-corrected chi connectivity index (χ1v) is 13.2. The molecule has 2 aromatic rings. The fourth-order valence-corrected chi connectivity index (χ4v) is 4.11. The monoisotopic (exact) mass is 519 g/mol. The van der Waals surface area contributed by atoms with Gasteiger partial charge in [0.2, 0.25) is 5.91 Å². The van der Waals surface area contributed by atoms with E-state index in [1.807, 2.05) is 32.0 Å². The second kappa shape index (κ2) is 14.2. The lowest BCUT2D eigenvalue weighted by molar-refractivity contribution is -0.138. The van der Waals surface area contributed by atoms with Crippen LogP contribution in [0.2, 0.25) is 0 Å². The molecular formula is C31H41N3O4. The molecule has 0 heterocycles. The van der Waals surface area contributed by atoms with Crippen LogP contribution in [0.3, 0.4) is 0 Å². The van der Waals surface area contributed by atoms with Gasteiger partial charge in [0, 0.05) is 17.8 Å². The molecule has 7 heteroatoms. The second-order valence-corrected chi connectivity index (χ2v) is 10.4. The van der Waals surface area contributed by atoms with E-state index in [0.717, 1.165) is 36.8 Å². The highest BCUT2D eigenvalue weighted by Gasteiger charge is 2.32. The number of carbonyl (C=O) groups excluding carboxylic acids is 3. The number of alkyl carbamates (subject to hydrolysis) is 1. The van der Waals surface area contributed by atoms with Crippen molar-refractivity contribution in [3.05, 3.63) is 64.7 Å². The van der Waals surface area contributed by atoms with Crippen LogP contribution in [0.4, 0.5) is 10.5 Å². The molecule has 204 valence electrons. The van der Waals surface area contributed by atoms with Gasteiger partial charge in [-0.3, -0.25) is 9.59 Å². The molecule has 3 amide bonds. The molecule has 0 radical (unpaired) electrons. The van der Waals surface area contributed by atoms with E-state index in [4.69, 9.17) is 11.2 Å². The van der Waals surface area contributed by atoms with Gasteiger partial charge in [0.05, 0.1) is 0 Å². The Hall–Kier alpha value is -3.79. The zero-order valence-electron chi connectivity index (χ0n) is 23.5. The molecule has 0 aliphatic carbocycles. The Morgan fingerprint density at radius 1 is 1.00 bits per heavy atom. The van der Waals surface area contributed by atoms with E-state index in [-0.39, 0.29) is 18.4 Å². The number of nitrogens with one attached hydrogen (secondary N) is 2. The second-order valence-electron chi connectivity index (χ2n) is 10.4. The molecule has 0 fully saturated rings. The molecule has 7 nitrogen and oxygen atoms in total. The summed E-state index contributed by atoms with van der Waals surface area (Å²) >= 11 is 0. The van der Waals surface area contributed by atoms with E-state index < -0.39 is 17.7 Å². The van der Waals surface area contributed by atoms with Gasteiger partial charge in [-0.25, -0.2) is 4.79 Å².